The van der Waals surface area contributed by atoms with Crippen molar-refractivity contribution in [2.45, 2.75) is 32.4 Å². The monoisotopic (exact) mass is 193 g/mol. The number of rotatable bonds is 1. The van der Waals surface area contributed by atoms with Crippen molar-refractivity contribution in [3.05, 3.63) is 0 Å². The Morgan fingerprint density at radius 3 is 2.42 bits per heavy atom. The van der Waals surface area contributed by atoms with E-state index < -0.39 is 0 Å². The van der Waals surface area contributed by atoms with E-state index in [-0.39, 0.29) is 24.4 Å². The van der Waals surface area contributed by atoms with Crippen LogP contribution in [-0.4, -0.2) is 25.2 Å². The minimum absolute atomic E-state index is 0. The lowest BCUT2D eigenvalue weighted by Crippen LogP contribution is -2.37. The van der Waals surface area contributed by atoms with Gasteiger partial charge in [-0.15, -0.1) is 12.4 Å². The maximum absolute atomic E-state index is 11.1. The van der Waals surface area contributed by atoms with Crippen molar-refractivity contribution < 1.29 is 9.53 Å². The van der Waals surface area contributed by atoms with Crippen molar-refractivity contribution >= 4 is 18.4 Å². The fourth-order valence-corrected chi connectivity index (χ4v) is 1.66. The van der Waals surface area contributed by atoms with Crippen molar-refractivity contribution in [1.82, 2.24) is 5.32 Å². The van der Waals surface area contributed by atoms with Gasteiger partial charge >= 0.3 is 5.97 Å². The summed E-state index contributed by atoms with van der Waals surface area (Å²) >= 11 is 0. The number of ether oxygens (including phenoxy) is 1. The van der Waals surface area contributed by atoms with Crippen LogP contribution in [0.1, 0.15) is 20.3 Å². The Hall–Kier alpha value is -0.280. The molecule has 0 aromatic carbocycles. The van der Waals surface area contributed by atoms with Crippen molar-refractivity contribution in [1.29, 1.82) is 0 Å². The molecule has 0 aromatic heterocycles. The molecule has 1 rings (SSSR count). The zero-order chi connectivity index (χ0) is 8.43. The van der Waals surface area contributed by atoms with Gasteiger partial charge in [0.15, 0.2) is 0 Å². The predicted molar refractivity (Wildman–Crippen MR) is 49.4 cm³/mol. The maximum atomic E-state index is 11.1. The Morgan fingerprint density at radius 2 is 2.08 bits per heavy atom. The van der Waals surface area contributed by atoms with Crippen LogP contribution >= 0.6 is 12.4 Å². The van der Waals surface area contributed by atoms with Crippen molar-refractivity contribution in [2.75, 3.05) is 7.11 Å². The van der Waals surface area contributed by atoms with Gasteiger partial charge < -0.3 is 10.1 Å². The van der Waals surface area contributed by atoms with Crippen LogP contribution in [0, 0.1) is 5.92 Å². The van der Waals surface area contributed by atoms with Gasteiger partial charge in [0.05, 0.1) is 7.11 Å². The van der Waals surface area contributed by atoms with Crippen molar-refractivity contribution in [2.24, 2.45) is 5.92 Å². The highest BCUT2D eigenvalue weighted by molar-refractivity contribution is 5.85. The normalized spacial score (nSPS) is 34.1. The van der Waals surface area contributed by atoms with Crippen LogP contribution in [0.4, 0.5) is 0 Å². The third kappa shape index (κ3) is 2.35. The fourth-order valence-electron chi connectivity index (χ4n) is 1.66. The second kappa shape index (κ2) is 4.67. The number of nitrogens with one attached hydrogen (secondary N) is 1. The summed E-state index contributed by atoms with van der Waals surface area (Å²) in [5.74, 6) is 0.263. The van der Waals surface area contributed by atoms with Crippen LogP contribution < -0.4 is 5.32 Å². The van der Waals surface area contributed by atoms with Crippen molar-refractivity contribution in [3.63, 3.8) is 0 Å². The van der Waals surface area contributed by atoms with Gasteiger partial charge in [0.1, 0.15) is 6.04 Å². The van der Waals surface area contributed by atoms with E-state index in [1.54, 1.807) is 0 Å². The van der Waals surface area contributed by atoms with E-state index in [1.807, 2.05) is 0 Å². The minimum atomic E-state index is -0.137. The smallest absolute Gasteiger partial charge is 0.323 e. The molecule has 0 spiro atoms. The quantitative estimate of drug-likeness (QED) is 0.631. The zero-order valence-electron chi connectivity index (χ0n) is 7.66. The molecule has 3 atom stereocenters. The highest BCUT2D eigenvalue weighted by atomic mass is 35.5. The molecule has 0 aromatic rings. The van der Waals surface area contributed by atoms with Gasteiger partial charge in [0, 0.05) is 6.04 Å². The third-order valence-corrected chi connectivity index (χ3v) is 2.21. The first-order valence-electron chi connectivity index (χ1n) is 3.99. The molecule has 1 N–H and O–H groups in total. The molecule has 4 heteroatoms. The molecule has 3 nitrogen and oxygen atoms in total. The number of hydrogen-bond acceptors (Lipinski definition) is 3. The molecule has 0 aliphatic carbocycles. The van der Waals surface area contributed by atoms with Crippen molar-refractivity contribution in [3.8, 4) is 0 Å². The largest absolute Gasteiger partial charge is 0.468 e. The zero-order valence-corrected chi connectivity index (χ0v) is 8.48. The molecule has 1 heterocycles. The molecule has 1 saturated heterocycles. The summed E-state index contributed by atoms with van der Waals surface area (Å²) in [7, 11) is 1.43. The number of hydrogen-bond donors (Lipinski definition) is 1. The SMILES string of the molecule is COC(=O)C1NC(C)CC1C.Cl. The number of methoxy groups -OCH3 is 1. The Morgan fingerprint density at radius 1 is 1.50 bits per heavy atom. The average Bonchev–Trinajstić information content (AvgIpc) is 2.28. The first kappa shape index (κ1) is 11.7. The van der Waals surface area contributed by atoms with E-state index in [9.17, 15) is 4.79 Å². The van der Waals surface area contributed by atoms with Gasteiger partial charge in [0.2, 0.25) is 0 Å². The number of carbonyl (C=O) groups excluding carboxylic acids is 1. The van der Waals surface area contributed by atoms with Crippen LogP contribution in [0.2, 0.25) is 0 Å². The highest BCUT2D eigenvalue weighted by Crippen LogP contribution is 2.19. The molecular formula is C8H16ClNO2. The summed E-state index contributed by atoms with van der Waals surface area (Å²) in [4.78, 5) is 11.1. The number of esters is 1. The summed E-state index contributed by atoms with van der Waals surface area (Å²) in [6.07, 6.45) is 1.06. The lowest BCUT2D eigenvalue weighted by atomic mass is 10.0. The maximum Gasteiger partial charge on any atom is 0.323 e. The van der Waals surface area contributed by atoms with Gasteiger partial charge in [-0.2, -0.15) is 0 Å². The summed E-state index contributed by atoms with van der Waals surface area (Å²) in [5.41, 5.74) is 0. The number of halogens is 1. The molecule has 72 valence electrons. The second-order valence-corrected chi connectivity index (χ2v) is 3.28. The molecule has 12 heavy (non-hydrogen) atoms. The Balaban J connectivity index is 0.00000121. The topological polar surface area (TPSA) is 38.3 Å². The standard InChI is InChI=1S/C8H15NO2.ClH/c1-5-4-6(2)9-7(5)8(10)11-3;/h5-7,9H,4H2,1-3H3;1H. The van der Waals surface area contributed by atoms with Gasteiger partial charge in [0.25, 0.3) is 0 Å². The molecule has 1 aliphatic rings. The van der Waals surface area contributed by atoms with Gasteiger partial charge in [-0.25, -0.2) is 0 Å². The Labute approximate surface area is 79.3 Å². The van der Waals surface area contributed by atoms with Gasteiger partial charge in [-0.05, 0) is 19.3 Å². The second-order valence-electron chi connectivity index (χ2n) is 3.28. The molecule has 1 fully saturated rings. The van der Waals surface area contributed by atoms with E-state index in [2.05, 4.69) is 23.9 Å². The van der Waals surface area contributed by atoms with Crippen LogP contribution in [0.15, 0.2) is 0 Å². The van der Waals surface area contributed by atoms with Crippen LogP contribution in [-0.2, 0) is 9.53 Å². The molecule has 0 bridgehead atoms. The van der Waals surface area contributed by atoms with E-state index in [4.69, 9.17) is 0 Å². The van der Waals surface area contributed by atoms with Gasteiger partial charge in [-0.3, -0.25) is 4.79 Å². The molecule has 1 aliphatic heterocycles. The molecular weight excluding hydrogens is 178 g/mol. The van der Waals surface area contributed by atoms with E-state index in [1.165, 1.54) is 7.11 Å². The number of carbonyl (C=O) groups is 1. The van der Waals surface area contributed by atoms with Crippen LogP contribution in [0.25, 0.3) is 0 Å². The van der Waals surface area contributed by atoms with E-state index in [0.717, 1.165) is 6.42 Å². The molecule has 0 saturated carbocycles. The summed E-state index contributed by atoms with van der Waals surface area (Å²) < 4.78 is 4.65. The van der Waals surface area contributed by atoms with Crippen LogP contribution in [0.5, 0.6) is 0 Å². The summed E-state index contributed by atoms with van der Waals surface area (Å²) in [6, 6.07) is 0.351. The Bertz CT molecular complexity index is 163. The predicted octanol–water partition coefficient (Wildman–Crippen LogP) is 0.968. The molecule has 0 radical (unpaired) electrons. The lowest BCUT2D eigenvalue weighted by Gasteiger charge is -2.11. The van der Waals surface area contributed by atoms with E-state index in [0.29, 0.717) is 12.0 Å². The summed E-state index contributed by atoms with van der Waals surface area (Å²) in [6.45, 7) is 4.15. The van der Waals surface area contributed by atoms with E-state index >= 15 is 0 Å². The summed E-state index contributed by atoms with van der Waals surface area (Å²) in [5, 5.41) is 3.18. The minimum Gasteiger partial charge on any atom is -0.468 e. The average molecular weight is 194 g/mol. The highest BCUT2D eigenvalue weighted by Gasteiger charge is 2.33. The third-order valence-electron chi connectivity index (χ3n) is 2.21. The first-order chi connectivity index (χ1) is 5.15. The van der Waals surface area contributed by atoms with Gasteiger partial charge in [-0.1, -0.05) is 6.92 Å². The molecule has 3 unspecified atom stereocenters. The fraction of sp³-hybridized carbons (Fsp3) is 0.875. The molecule has 0 amide bonds. The lowest BCUT2D eigenvalue weighted by molar-refractivity contribution is -0.143. The Kier molecular flexibility index (Phi) is 4.57. The van der Waals surface area contributed by atoms with Crippen LogP contribution in [0.3, 0.4) is 0 Å². The first-order valence-corrected chi connectivity index (χ1v) is 3.99.